The average Bonchev–Trinajstić information content (AvgIpc) is 3.17. The summed E-state index contributed by atoms with van der Waals surface area (Å²) < 4.78 is 35.9. The van der Waals surface area contributed by atoms with Crippen molar-refractivity contribution in [3.8, 4) is 34.5 Å². The maximum atomic E-state index is 6.35. The van der Waals surface area contributed by atoms with E-state index < -0.39 is 11.4 Å². The maximum absolute atomic E-state index is 6.35. The van der Waals surface area contributed by atoms with Gasteiger partial charge in [0.15, 0.2) is 0 Å². The van der Waals surface area contributed by atoms with Gasteiger partial charge in [0.2, 0.25) is 0 Å². The Morgan fingerprint density at radius 2 is 0.702 bits per heavy atom. The van der Waals surface area contributed by atoms with E-state index >= 15 is 0 Å². The minimum atomic E-state index is -3.42. The van der Waals surface area contributed by atoms with Crippen LogP contribution in [0.3, 0.4) is 0 Å². The Kier molecular flexibility index (Phi) is 14.9. The van der Waals surface area contributed by atoms with Crippen LogP contribution in [0.5, 0.6) is 34.5 Å². The molecule has 1 aliphatic carbocycles. The molecule has 0 heterocycles. The smallest absolute Gasteiger partial charge is 1.00 e. The number of ether oxygens (including phenoxy) is 6. The van der Waals surface area contributed by atoms with Gasteiger partial charge >= 0.3 is 277 Å². The number of aryl methyl sites for hydroxylation is 3. The van der Waals surface area contributed by atoms with Gasteiger partial charge in [-0.05, 0) is 0 Å². The Balaban J connectivity index is 0.00000368. The second kappa shape index (κ2) is 16.4. The number of hydrogen-bond donors (Lipinski definition) is 0. The van der Waals surface area contributed by atoms with Gasteiger partial charge in [0.25, 0.3) is 0 Å². The van der Waals surface area contributed by atoms with Crippen molar-refractivity contribution in [1.29, 1.82) is 0 Å². The first-order chi connectivity index (χ1) is 20.8. The molecule has 0 radical (unpaired) electrons. The van der Waals surface area contributed by atoms with Crippen LogP contribution < -0.4 is 81.2 Å². The van der Waals surface area contributed by atoms with Crippen molar-refractivity contribution >= 4 is 23.6 Å². The summed E-state index contributed by atoms with van der Waals surface area (Å²) in [5.74, 6) is 4.54. The molecule has 4 rings (SSSR count). The molecule has 0 unspecified atom stereocenters. The third-order valence-electron chi connectivity index (χ3n) is 9.69. The van der Waals surface area contributed by atoms with E-state index in [1.54, 1.807) is 42.7 Å². The van der Waals surface area contributed by atoms with E-state index in [9.17, 15) is 0 Å². The molecule has 3 aromatic rings. The SMILES string of the molecule is COc1cc(C)c([Si](c2c(C)cc(OC)cc2OC)(c2c(C)cc(OC)cc2OC)[C]2([Ti+3])C(C)=C(C)C(C)=C2C)c(OC)c1.[Cl-].[Cl-].[Cl-]. The molecule has 0 saturated heterocycles. The Morgan fingerprint density at radius 3 is 0.915 bits per heavy atom. The second-order valence-electron chi connectivity index (χ2n) is 11.6. The fraction of sp³-hybridized carbons (Fsp3) is 0.389. The Hall–Kier alpha value is -2.26. The van der Waals surface area contributed by atoms with Gasteiger partial charge in [-0.15, -0.1) is 0 Å². The van der Waals surface area contributed by atoms with Gasteiger partial charge in [-0.25, -0.2) is 0 Å². The van der Waals surface area contributed by atoms with Crippen LogP contribution in [0.4, 0.5) is 0 Å². The quantitative estimate of drug-likeness (QED) is 0.164. The molecule has 47 heavy (non-hydrogen) atoms. The van der Waals surface area contributed by atoms with Crippen molar-refractivity contribution in [2.75, 3.05) is 42.7 Å². The molecular formula is C36H45Cl3O6SiTi. The zero-order chi connectivity index (χ0) is 32.7. The zero-order valence-corrected chi connectivity index (χ0v) is 34.4. The molecule has 3 aromatic carbocycles. The van der Waals surface area contributed by atoms with Gasteiger partial charge in [0.05, 0.1) is 0 Å². The average molecular weight is 756 g/mol. The van der Waals surface area contributed by atoms with E-state index in [2.05, 4.69) is 87.1 Å². The molecule has 11 heteroatoms. The topological polar surface area (TPSA) is 55.4 Å². The molecule has 0 bridgehead atoms. The molecular weight excluding hydrogens is 711 g/mol. The van der Waals surface area contributed by atoms with Gasteiger partial charge in [0, 0.05) is 0 Å². The minimum Gasteiger partial charge on any atom is -1.00 e. The van der Waals surface area contributed by atoms with E-state index in [-0.39, 0.29) is 37.2 Å². The summed E-state index contributed by atoms with van der Waals surface area (Å²) in [5.41, 5.74) is 8.49. The van der Waals surface area contributed by atoms with E-state index in [1.807, 2.05) is 18.2 Å². The van der Waals surface area contributed by atoms with Crippen molar-refractivity contribution in [3.63, 3.8) is 0 Å². The van der Waals surface area contributed by atoms with Crippen molar-refractivity contribution in [2.24, 2.45) is 0 Å². The fourth-order valence-corrected chi connectivity index (χ4v) is 16.7. The Labute approximate surface area is 312 Å². The van der Waals surface area contributed by atoms with Crippen LogP contribution in [0.2, 0.25) is 3.34 Å². The van der Waals surface area contributed by atoms with Crippen LogP contribution in [-0.4, -0.2) is 50.7 Å². The zero-order valence-electron chi connectivity index (χ0n) is 29.5. The molecule has 0 N–H and O–H groups in total. The minimum absolute atomic E-state index is 0. The van der Waals surface area contributed by atoms with E-state index in [1.165, 1.54) is 22.3 Å². The maximum Gasteiger partial charge on any atom is -1.00 e. The van der Waals surface area contributed by atoms with Crippen LogP contribution in [-0.2, 0) is 20.4 Å². The fourth-order valence-electron chi connectivity index (χ4n) is 7.35. The second-order valence-corrected chi connectivity index (χ2v) is 17.3. The number of hydrogen-bond acceptors (Lipinski definition) is 6. The number of methoxy groups -OCH3 is 6. The van der Waals surface area contributed by atoms with Gasteiger partial charge in [-0.2, -0.15) is 0 Å². The molecule has 0 spiro atoms. The van der Waals surface area contributed by atoms with Crippen LogP contribution in [0, 0.1) is 20.8 Å². The number of rotatable bonds is 10. The first-order valence-electron chi connectivity index (χ1n) is 14.6. The molecule has 1 aliphatic rings. The number of halogens is 3. The Bertz CT molecular complexity index is 1510. The predicted molar refractivity (Wildman–Crippen MR) is 177 cm³/mol. The van der Waals surface area contributed by atoms with Gasteiger partial charge in [-0.1, -0.05) is 0 Å². The van der Waals surface area contributed by atoms with Crippen LogP contribution in [0.15, 0.2) is 58.7 Å². The van der Waals surface area contributed by atoms with Crippen molar-refractivity contribution in [2.45, 2.75) is 51.8 Å². The molecule has 0 aliphatic heterocycles. The number of benzene rings is 3. The largest absolute Gasteiger partial charge is 1.00 e. The van der Waals surface area contributed by atoms with Gasteiger partial charge in [0.1, 0.15) is 0 Å². The van der Waals surface area contributed by atoms with Gasteiger partial charge < -0.3 is 37.2 Å². The summed E-state index contributed by atoms with van der Waals surface area (Å²) in [7, 11) is 6.88. The van der Waals surface area contributed by atoms with E-state index in [4.69, 9.17) is 28.4 Å². The molecule has 0 atom stereocenters. The summed E-state index contributed by atoms with van der Waals surface area (Å²) in [6.45, 7) is 15.6. The summed E-state index contributed by atoms with van der Waals surface area (Å²) in [5, 5.41) is 3.42. The third kappa shape index (κ3) is 6.45. The molecule has 0 aromatic heterocycles. The normalized spacial score (nSPS) is 13.7. The third-order valence-corrected chi connectivity index (χ3v) is 18.7. The van der Waals surface area contributed by atoms with Crippen LogP contribution in [0.1, 0.15) is 44.4 Å². The molecule has 0 fully saturated rings. The summed E-state index contributed by atoms with van der Waals surface area (Å²) in [4.78, 5) is 0. The monoisotopic (exact) mass is 754 g/mol. The molecule has 0 saturated carbocycles. The van der Waals surface area contributed by atoms with E-state index in [0.29, 0.717) is 0 Å². The van der Waals surface area contributed by atoms with Crippen molar-refractivity contribution in [1.82, 2.24) is 0 Å². The molecule has 254 valence electrons. The summed E-state index contributed by atoms with van der Waals surface area (Å²) in [6.07, 6.45) is 0. The van der Waals surface area contributed by atoms with Crippen LogP contribution in [0.25, 0.3) is 0 Å². The molecule has 0 amide bonds. The van der Waals surface area contributed by atoms with E-state index in [0.717, 1.165) is 66.7 Å². The van der Waals surface area contributed by atoms with Crippen molar-refractivity contribution in [3.05, 3.63) is 75.4 Å². The number of allylic oxidation sites excluding steroid dienone is 4. The van der Waals surface area contributed by atoms with Crippen molar-refractivity contribution < 1.29 is 86.1 Å². The first-order valence-corrected chi connectivity index (χ1v) is 17.4. The van der Waals surface area contributed by atoms with Crippen LogP contribution >= 0.6 is 0 Å². The molecule has 6 nitrogen and oxygen atoms in total. The first kappa shape index (κ1) is 42.8. The summed E-state index contributed by atoms with van der Waals surface area (Å²) >= 11 is 2.42. The Morgan fingerprint density at radius 1 is 0.447 bits per heavy atom. The van der Waals surface area contributed by atoms with Gasteiger partial charge in [-0.3, -0.25) is 0 Å². The predicted octanol–water partition coefficient (Wildman–Crippen LogP) is -2.92. The summed E-state index contributed by atoms with van der Waals surface area (Å²) in [6, 6.07) is 12.4. The standard InChI is InChI=1S/C36H45O6Si.3ClH.Ti/c1-20-14-27(37-8)17-30(40-11)33(20)43(36-25(6)23(4)24(5)26(36)7,34-21(2)15-28(38-9)18-31(34)41-12)35-22(3)16-29(39-10)19-32(35)42-13;;;;/h14-19H,1-13H3;3*1H;/q;;;;+3/p-3.